The fourth-order valence-electron chi connectivity index (χ4n) is 2.54. The van der Waals surface area contributed by atoms with Crippen LogP contribution < -0.4 is 5.46 Å². The summed E-state index contributed by atoms with van der Waals surface area (Å²) in [6.45, 7) is 6.41. The first kappa shape index (κ1) is 16.5. The zero-order chi connectivity index (χ0) is 17.5. The van der Waals surface area contributed by atoms with Gasteiger partial charge in [-0.3, -0.25) is 4.90 Å². The number of amides is 1. The Morgan fingerprint density at radius 2 is 1.88 bits per heavy atom. The smallest absolute Gasteiger partial charge is 0.444 e. The summed E-state index contributed by atoms with van der Waals surface area (Å²) in [5, 5.41) is 22.8. The first-order valence-electron chi connectivity index (χ1n) is 7.75. The summed E-state index contributed by atoms with van der Waals surface area (Å²) >= 11 is 0. The molecule has 0 saturated carbocycles. The lowest BCUT2D eigenvalue weighted by Crippen LogP contribution is -2.33. The van der Waals surface area contributed by atoms with Gasteiger partial charge in [-0.1, -0.05) is 12.1 Å². The topological polar surface area (TPSA) is 87.8 Å². The fraction of sp³-hybridized carbons (Fsp3) is 0.375. The number of benzene rings is 1. The molecule has 1 amide bonds. The minimum absolute atomic E-state index is 0.340. The second kappa shape index (κ2) is 5.96. The maximum atomic E-state index is 12.1. The molecule has 2 heterocycles. The van der Waals surface area contributed by atoms with Crippen molar-refractivity contribution in [1.29, 1.82) is 0 Å². The van der Waals surface area contributed by atoms with E-state index in [1.54, 1.807) is 33.8 Å². The van der Waals surface area contributed by atoms with Crippen LogP contribution in [0.4, 0.5) is 4.79 Å². The quantitative estimate of drug-likeness (QED) is 0.796. The van der Waals surface area contributed by atoms with E-state index in [0.717, 1.165) is 16.9 Å². The summed E-state index contributed by atoms with van der Waals surface area (Å²) in [7, 11) is -1.48. The number of carbonyl (C=O) groups excluding carboxylic acids is 1. The van der Waals surface area contributed by atoms with E-state index in [9.17, 15) is 4.79 Å². The lowest BCUT2D eigenvalue weighted by Gasteiger charge is -2.24. The van der Waals surface area contributed by atoms with Crippen LogP contribution in [0, 0.1) is 0 Å². The first-order chi connectivity index (χ1) is 11.2. The van der Waals surface area contributed by atoms with Crippen LogP contribution in [0.1, 0.15) is 32.0 Å². The fourth-order valence-corrected chi connectivity index (χ4v) is 2.54. The van der Waals surface area contributed by atoms with Crippen LogP contribution in [0.5, 0.6) is 0 Å². The number of nitrogens with zero attached hydrogens (tertiary/aromatic N) is 3. The number of aromatic nitrogens is 2. The highest BCUT2D eigenvalue weighted by Gasteiger charge is 2.30. The number of ether oxygens (including phenoxy) is 1. The Bertz CT molecular complexity index is 726. The van der Waals surface area contributed by atoms with Crippen molar-refractivity contribution in [2.75, 3.05) is 0 Å². The number of hydrogen-bond acceptors (Lipinski definition) is 5. The van der Waals surface area contributed by atoms with Gasteiger partial charge in [-0.2, -0.15) is 5.10 Å². The van der Waals surface area contributed by atoms with Gasteiger partial charge in [0.05, 0.1) is 24.5 Å². The van der Waals surface area contributed by atoms with Crippen LogP contribution in [0.25, 0.3) is 5.69 Å². The van der Waals surface area contributed by atoms with Crippen LogP contribution in [0.2, 0.25) is 0 Å². The van der Waals surface area contributed by atoms with Crippen molar-refractivity contribution in [1.82, 2.24) is 14.7 Å². The van der Waals surface area contributed by atoms with E-state index in [2.05, 4.69) is 5.10 Å². The molecule has 2 N–H and O–H groups in total. The van der Waals surface area contributed by atoms with Gasteiger partial charge in [0.2, 0.25) is 0 Å². The lowest BCUT2D eigenvalue weighted by atomic mass is 9.80. The van der Waals surface area contributed by atoms with Gasteiger partial charge in [-0.15, -0.1) is 0 Å². The molecule has 0 saturated heterocycles. The number of rotatable bonds is 2. The minimum atomic E-state index is -1.48. The molecule has 8 heteroatoms. The average molecular weight is 329 g/mol. The molecule has 0 bridgehead atoms. The zero-order valence-electron chi connectivity index (χ0n) is 13.9. The number of hydrogen-bond donors (Lipinski definition) is 2. The van der Waals surface area contributed by atoms with Crippen molar-refractivity contribution < 1.29 is 19.6 Å². The van der Waals surface area contributed by atoms with Gasteiger partial charge in [-0.25, -0.2) is 9.48 Å². The van der Waals surface area contributed by atoms with E-state index < -0.39 is 12.7 Å². The SMILES string of the molecule is CC(C)(C)OC(=O)N1Cc2cn(-c3ccc(B(O)O)cc3)nc2C1. The van der Waals surface area contributed by atoms with Crippen molar-refractivity contribution >= 4 is 18.7 Å². The van der Waals surface area contributed by atoms with Crippen LogP contribution in [0.3, 0.4) is 0 Å². The highest BCUT2D eigenvalue weighted by molar-refractivity contribution is 6.58. The summed E-state index contributed by atoms with van der Waals surface area (Å²) in [4.78, 5) is 13.7. The number of fused-ring (bicyclic) bond motifs is 1. The highest BCUT2D eigenvalue weighted by Crippen LogP contribution is 2.24. The van der Waals surface area contributed by atoms with Crippen molar-refractivity contribution in [3.63, 3.8) is 0 Å². The predicted octanol–water partition coefficient (Wildman–Crippen LogP) is 0.803. The van der Waals surface area contributed by atoms with Crippen molar-refractivity contribution in [2.24, 2.45) is 0 Å². The molecule has 24 heavy (non-hydrogen) atoms. The van der Waals surface area contributed by atoms with Gasteiger partial charge in [0, 0.05) is 11.8 Å². The Labute approximate surface area is 140 Å². The third-order valence-corrected chi connectivity index (χ3v) is 3.69. The van der Waals surface area contributed by atoms with E-state index in [1.165, 1.54) is 0 Å². The van der Waals surface area contributed by atoms with Crippen LogP contribution >= 0.6 is 0 Å². The molecule has 0 atom stereocenters. The molecule has 1 aliphatic rings. The molecule has 1 aliphatic heterocycles. The third-order valence-electron chi connectivity index (χ3n) is 3.69. The van der Waals surface area contributed by atoms with Crippen molar-refractivity contribution in [3.05, 3.63) is 41.7 Å². The summed E-state index contributed by atoms with van der Waals surface area (Å²) in [6, 6.07) is 6.81. The van der Waals surface area contributed by atoms with Crippen molar-refractivity contribution in [2.45, 2.75) is 39.5 Å². The molecular formula is C16H20BN3O4. The first-order valence-corrected chi connectivity index (χ1v) is 7.75. The predicted molar refractivity (Wildman–Crippen MR) is 88.9 cm³/mol. The monoisotopic (exact) mass is 329 g/mol. The molecule has 1 aromatic carbocycles. The highest BCUT2D eigenvalue weighted by atomic mass is 16.6. The molecule has 0 unspecified atom stereocenters. The molecule has 0 radical (unpaired) electrons. The Kier molecular flexibility index (Phi) is 4.10. The largest absolute Gasteiger partial charge is 0.488 e. The minimum Gasteiger partial charge on any atom is -0.444 e. The van der Waals surface area contributed by atoms with Gasteiger partial charge in [0.15, 0.2) is 0 Å². The van der Waals surface area contributed by atoms with Gasteiger partial charge in [0.1, 0.15) is 5.60 Å². The van der Waals surface area contributed by atoms with E-state index in [1.807, 2.05) is 27.0 Å². The second-order valence-corrected chi connectivity index (χ2v) is 6.85. The maximum Gasteiger partial charge on any atom is 0.488 e. The summed E-state index contributed by atoms with van der Waals surface area (Å²) in [6.07, 6.45) is 1.54. The molecule has 2 aromatic rings. The normalized spacial score (nSPS) is 13.8. The van der Waals surface area contributed by atoms with Gasteiger partial charge < -0.3 is 14.8 Å². The molecule has 0 aliphatic carbocycles. The molecule has 126 valence electrons. The maximum absolute atomic E-state index is 12.1. The molecule has 0 spiro atoms. The Morgan fingerprint density at radius 3 is 2.42 bits per heavy atom. The molecule has 3 rings (SSSR count). The Balaban J connectivity index is 1.71. The van der Waals surface area contributed by atoms with Crippen molar-refractivity contribution in [3.8, 4) is 5.69 Å². The zero-order valence-corrected chi connectivity index (χ0v) is 13.9. The Hall–Kier alpha value is -2.32. The Morgan fingerprint density at radius 1 is 1.21 bits per heavy atom. The standard InChI is InChI=1S/C16H20BN3O4/c1-16(2,3)24-15(21)19-8-11-9-20(18-14(11)10-19)13-6-4-12(5-7-13)17(22)23/h4-7,9,22-23H,8,10H2,1-3H3. The molecular weight excluding hydrogens is 309 g/mol. The summed E-state index contributed by atoms with van der Waals surface area (Å²) in [5.41, 5.74) is 2.54. The van der Waals surface area contributed by atoms with Crippen LogP contribution in [0.15, 0.2) is 30.5 Å². The molecule has 7 nitrogen and oxygen atoms in total. The van der Waals surface area contributed by atoms with Gasteiger partial charge in [-0.05, 0) is 38.4 Å². The summed E-state index contributed by atoms with van der Waals surface area (Å²) < 4.78 is 7.10. The van der Waals surface area contributed by atoms with E-state index >= 15 is 0 Å². The van der Waals surface area contributed by atoms with Crippen LogP contribution in [-0.2, 0) is 17.8 Å². The lowest BCUT2D eigenvalue weighted by molar-refractivity contribution is 0.0239. The average Bonchev–Trinajstić information content (AvgIpc) is 3.04. The second-order valence-electron chi connectivity index (χ2n) is 6.85. The van der Waals surface area contributed by atoms with Gasteiger partial charge >= 0.3 is 13.2 Å². The molecule has 0 fully saturated rings. The summed E-state index contributed by atoms with van der Waals surface area (Å²) in [5.74, 6) is 0. The molecule has 1 aromatic heterocycles. The van der Waals surface area contributed by atoms with E-state index in [0.29, 0.717) is 18.6 Å². The van der Waals surface area contributed by atoms with E-state index in [-0.39, 0.29) is 6.09 Å². The van der Waals surface area contributed by atoms with E-state index in [4.69, 9.17) is 14.8 Å². The number of carbonyl (C=O) groups is 1. The van der Waals surface area contributed by atoms with Gasteiger partial charge in [0.25, 0.3) is 0 Å². The van der Waals surface area contributed by atoms with Crippen LogP contribution in [-0.4, -0.2) is 43.5 Å². The third kappa shape index (κ3) is 3.44.